The lowest BCUT2D eigenvalue weighted by Crippen LogP contribution is -2.01. The molecule has 0 amide bonds. The smallest absolute Gasteiger partial charge is 0.191 e. The molecule has 0 aliphatic carbocycles. The van der Waals surface area contributed by atoms with Crippen LogP contribution >= 0.6 is 0 Å². The molecule has 0 atom stereocenters. The van der Waals surface area contributed by atoms with Crippen LogP contribution in [0.4, 0.5) is 0 Å². The fourth-order valence-corrected chi connectivity index (χ4v) is 1.76. The van der Waals surface area contributed by atoms with Crippen molar-refractivity contribution < 1.29 is 19.1 Å². The van der Waals surface area contributed by atoms with Crippen molar-refractivity contribution in [3.63, 3.8) is 0 Å². The molecule has 4 nitrogen and oxygen atoms in total. The van der Waals surface area contributed by atoms with E-state index in [9.17, 15) is 9.59 Å². The van der Waals surface area contributed by atoms with Crippen LogP contribution in [0.5, 0.6) is 0 Å². The zero-order chi connectivity index (χ0) is 24.8. The van der Waals surface area contributed by atoms with E-state index in [1.54, 1.807) is 24.3 Å². The van der Waals surface area contributed by atoms with Crippen molar-refractivity contribution in [2.24, 2.45) is 0 Å². The van der Waals surface area contributed by atoms with Crippen LogP contribution in [0.3, 0.4) is 0 Å². The van der Waals surface area contributed by atoms with Gasteiger partial charge in [-0.1, -0.05) is 76.4 Å². The van der Waals surface area contributed by atoms with Gasteiger partial charge in [0.25, 0.3) is 0 Å². The monoisotopic (exact) mass is 430 g/mol. The highest BCUT2D eigenvalue weighted by Gasteiger charge is 2.07. The number of carbonyl (C=O) groups is 2. The summed E-state index contributed by atoms with van der Waals surface area (Å²) in [4.78, 5) is 23.4. The van der Waals surface area contributed by atoms with Crippen molar-refractivity contribution in [1.29, 1.82) is 0 Å². The third kappa shape index (κ3) is 12.4. The maximum atomic E-state index is 12.3. The molecule has 0 saturated carbocycles. The highest BCUT2D eigenvalue weighted by Crippen LogP contribution is 2.12. The van der Waals surface area contributed by atoms with Crippen LogP contribution in [0, 0.1) is 0 Å². The molecule has 0 radical (unpaired) electrons. The number of rotatable bonds is 15. The maximum absolute atomic E-state index is 12.3. The molecule has 32 heavy (non-hydrogen) atoms. The average molecular weight is 431 g/mol. The number of hydrogen-bond acceptors (Lipinski definition) is 4. The van der Waals surface area contributed by atoms with Crippen molar-refractivity contribution in [3.8, 4) is 0 Å². The molecule has 0 spiro atoms. The summed E-state index contributed by atoms with van der Waals surface area (Å²) in [6.45, 7) is 32.9. The van der Waals surface area contributed by atoms with E-state index in [1.165, 1.54) is 31.2 Å². The van der Waals surface area contributed by atoms with Gasteiger partial charge in [-0.2, -0.15) is 0 Å². The van der Waals surface area contributed by atoms with E-state index >= 15 is 0 Å². The van der Waals surface area contributed by atoms with Gasteiger partial charge >= 0.3 is 0 Å². The molecule has 0 aromatic carbocycles. The fourth-order valence-electron chi connectivity index (χ4n) is 1.76. The van der Waals surface area contributed by atoms with Gasteiger partial charge in [-0.15, -0.1) is 0 Å². The average Bonchev–Trinajstić information content (AvgIpc) is 2.71. The minimum absolute atomic E-state index is 0.166. The standard InChI is InChI=1S/C28H30O4/c1-19(2)11-15-23(6)31-25(8)17-18-26(9)32-24(7)16-14-22(5)28(30)21(4)13-12-20(3)27(10)29/h11-18H,1,3-9H2,2,10H3/b13-12-,15-11-,16-14-,18-17-. The van der Waals surface area contributed by atoms with E-state index in [2.05, 4.69) is 52.6 Å². The van der Waals surface area contributed by atoms with Crippen LogP contribution in [0.2, 0.25) is 0 Å². The van der Waals surface area contributed by atoms with Gasteiger partial charge in [0.2, 0.25) is 0 Å². The van der Waals surface area contributed by atoms with Crippen LogP contribution in [-0.2, 0) is 19.1 Å². The van der Waals surface area contributed by atoms with Crippen molar-refractivity contribution in [1.82, 2.24) is 0 Å². The molecule has 4 heteroatoms. The molecular weight excluding hydrogens is 400 g/mol. The molecule has 166 valence electrons. The Morgan fingerprint density at radius 2 is 0.812 bits per heavy atom. The number of ether oxygens (including phenoxy) is 2. The summed E-state index contributed by atoms with van der Waals surface area (Å²) in [5.41, 5.74) is 1.48. The van der Waals surface area contributed by atoms with Gasteiger partial charge in [0.15, 0.2) is 11.6 Å². The molecule has 0 aliphatic heterocycles. The minimum Gasteiger partial charge on any atom is -0.459 e. The number of allylic oxidation sites excluding steroid dienone is 12. The van der Waals surface area contributed by atoms with Crippen LogP contribution < -0.4 is 0 Å². The van der Waals surface area contributed by atoms with Gasteiger partial charge in [-0.05, 0) is 44.2 Å². The Morgan fingerprint density at radius 1 is 0.500 bits per heavy atom. The SMILES string of the molecule is C=C(C)/C=C\C(=C)OC(=C)/C=C\C(=C)OC(=C)/C=C\C(=C)C(=O)C(=C)/C=C\C(=C)C(C)=O. The van der Waals surface area contributed by atoms with Crippen LogP contribution in [0.15, 0.2) is 147 Å². The Labute approximate surface area is 191 Å². The first-order valence-corrected chi connectivity index (χ1v) is 9.45. The molecular formula is C28H30O4. The summed E-state index contributed by atoms with van der Waals surface area (Å²) in [5, 5.41) is 0. The number of hydrogen-bond donors (Lipinski definition) is 0. The van der Waals surface area contributed by atoms with E-state index in [0.717, 1.165) is 5.57 Å². The van der Waals surface area contributed by atoms with E-state index in [-0.39, 0.29) is 34.0 Å². The molecule has 0 heterocycles. The Bertz CT molecular complexity index is 1000. The second-order valence-electron chi connectivity index (χ2n) is 6.71. The van der Waals surface area contributed by atoms with E-state index in [0.29, 0.717) is 11.5 Å². The Hall–Kier alpha value is -4.18. The predicted octanol–water partition coefficient (Wildman–Crippen LogP) is 6.70. The van der Waals surface area contributed by atoms with Gasteiger partial charge in [0.1, 0.15) is 23.0 Å². The first-order valence-electron chi connectivity index (χ1n) is 9.45. The van der Waals surface area contributed by atoms with Crippen molar-refractivity contribution in [2.75, 3.05) is 0 Å². The highest BCUT2D eigenvalue weighted by molar-refractivity contribution is 6.11. The summed E-state index contributed by atoms with van der Waals surface area (Å²) >= 11 is 0. The number of ketones is 2. The summed E-state index contributed by atoms with van der Waals surface area (Å²) in [6.07, 6.45) is 12.3. The van der Waals surface area contributed by atoms with Crippen LogP contribution in [0.1, 0.15) is 13.8 Å². The molecule has 0 fully saturated rings. The molecule has 0 saturated heterocycles. The van der Waals surface area contributed by atoms with Gasteiger partial charge < -0.3 is 9.47 Å². The fraction of sp³-hybridized carbons (Fsp3) is 0.0714. The summed E-state index contributed by atoms with van der Waals surface area (Å²) in [5.74, 6) is 0.675. The van der Waals surface area contributed by atoms with E-state index in [1.807, 2.05) is 6.92 Å². The van der Waals surface area contributed by atoms with Crippen molar-refractivity contribution in [2.45, 2.75) is 13.8 Å². The second kappa shape index (κ2) is 13.9. The molecule has 0 aromatic heterocycles. The predicted molar refractivity (Wildman–Crippen MR) is 133 cm³/mol. The van der Waals surface area contributed by atoms with E-state index < -0.39 is 5.78 Å². The van der Waals surface area contributed by atoms with E-state index in [4.69, 9.17) is 9.47 Å². The number of Topliss-reactive ketones (excluding diaryl/α,β-unsaturated/α-hetero) is 2. The first-order chi connectivity index (χ1) is 14.8. The molecule has 0 bridgehead atoms. The Balaban J connectivity index is 4.70. The lowest BCUT2D eigenvalue weighted by molar-refractivity contribution is -0.113. The Kier molecular flexibility index (Phi) is 12.1. The second-order valence-corrected chi connectivity index (χ2v) is 6.71. The summed E-state index contributed by atoms with van der Waals surface area (Å²) in [7, 11) is 0. The zero-order valence-corrected chi connectivity index (χ0v) is 18.9. The zero-order valence-electron chi connectivity index (χ0n) is 18.9. The van der Waals surface area contributed by atoms with Gasteiger partial charge in [0, 0.05) is 16.7 Å². The summed E-state index contributed by atoms with van der Waals surface area (Å²) < 4.78 is 10.8. The van der Waals surface area contributed by atoms with Crippen molar-refractivity contribution in [3.05, 3.63) is 147 Å². The minimum atomic E-state index is -0.394. The van der Waals surface area contributed by atoms with Gasteiger partial charge in [0.05, 0.1) is 0 Å². The number of carbonyl (C=O) groups excluding carboxylic acids is 2. The van der Waals surface area contributed by atoms with Gasteiger partial charge in [-0.25, -0.2) is 0 Å². The van der Waals surface area contributed by atoms with Crippen LogP contribution in [0.25, 0.3) is 0 Å². The normalized spacial score (nSPS) is 10.9. The molecule has 0 rings (SSSR count). The summed E-state index contributed by atoms with van der Waals surface area (Å²) in [6, 6.07) is 0. The highest BCUT2D eigenvalue weighted by atomic mass is 16.5. The first kappa shape index (κ1) is 27.8. The third-order valence-electron chi connectivity index (χ3n) is 3.52. The molecule has 0 aromatic rings. The quantitative estimate of drug-likeness (QED) is 0.165. The maximum Gasteiger partial charge on any atom is 0.191 e. The topological polar surface area (TPSA) is 52.6 Å². The largest absolute Gasteiger partial charge is 0.459 e. The van der Waals surface area contributed by atoms with Gasteiger partial charge in [-0.3, -0.25) is 9.59 Å². The Morgan fingerprint density at radius 3 is 1.19 bits per heavy atom. The van der Waals surface area contributed by atoms with Crippen molar-refractivity contribution >= 4 is 11.6 Å². The lowest BCUT2D eigenvalue weighted by atomic mass is 10.0. The molecule has 0 aliphatic rings. The molecule has 0 N–H and O–H groups in total. The lowest BCUT2D eigenvalue weighted by Gasteiger charge is -2.06. The van der Waals surface area contributed by atoms with Crippen LogP contribution in [-0.4, -0.2) is 11.6 Å². The third-order valence-corrected chi connectivity index (χ3v) is 3.52. The molecule has 0 unspecified atom stereocenters.